The van der Waals surface area contributed by atoms with Gasteiger partial charge in [-0.2, -0.15) is 4.31 Å². The molecule has 0 saturated carbocycles. The fourth-order valence-corrected chi connectivity index (χ4v) is 4.00. The number of hydrogen-bond donors (Lipinski definition) is 2. The molecule has 0 atom stereocenters. The number of nitrogens with two attached hydrogens (primary N) is 1. The first-order valence-corrected chi connectivity index (χ1v) is 9.41. The second-order valence-corrected chi connectivity index (χ2v) is 7.23. The number of carbonyl (C=O) groups excluding carboxylic acids is 1. The highest BCUT2D eigenvalue weighted by atomic mass is 32.2. The van der Waals surface area contributed by atoms with Crippen molar-refractivity contribution < 1.29 is 13.2 Å². The van der Waals surface area contributed by atoms with Crippen molar-refractivity contribution in [3.05, 3.63) is 29.3 Å². The van der Waals surface area contributed by atoms with E-state index in [4.69, 9.17) is 5.73 Å². The van der Waals surface area contributed by atoms with Crippen molar-refractivity contribution in [2.75, 3.05) is 26.2 Å². The van der Waals surface area contributed by atoms with E-state index in [1.165, 1.54) is 10.4 Å². The van der Waals surface area contributed by atoms with Gasteiger partial charge in [0.05, 0.1) is 4.90 Å². The first kappa shape index (κ1) is 19.6. The number of sulfonamides is 1. The highest BCUT2D eigenvalue weighted by molar-refractivity contribution is 7.89. The third-order valence-corrected chi connectivity index (χ3v) is 5.88. The molecule has 7 heteroatoms. The van der Waals surface area contributed by atoms with E-state index in [9.17, 15) is 13.2 Å². The number of amides is 1. The molecule has 0 aliphatic carbocycles. The van der Waals surface area contributed by atoms with E-state index in [0.29, 0.717) is 37.3 Å². The molecule has 0 radical (unpaired) electrons. The standard InChI is InChI=1S/C16H27N3O3S/c1-4-19(5-2)23(21,22)15-12-14(9-8-13(15)3)16(20)18-11-7-6-10-17/h8-9,12H,4-7,10-11,17H2,1-3H3,(H,18,20). The minimum Gasteiger partial charge on any atom is -0.352 e. The van der Waals surface area contributed by atoms with Crippen LogP contribution >= 0.6 is 0 Å². The molecule has 6 nitrogen and oxygen atoms in total. The third kappa shape index (κ3) is 5.02. The van der Waals surface area contributed by atoms with E-state index in [1.807, 2.05) is 0 Å². The molecule has 0 spiro atoms. The maximum absolute atomic E-state index is 12.7. The van der Waals surface area contributed by atoms with Crippen LogP contribution in [0.5, 0.6) is 0 Å². The fourth-order valence-electron chi connectivity index (χ4n) is 2.30. The third-order valence-electron chi connectivity index (χ3n) is 3.69. The van der Waals surface area contributed by atoms with E-state index in [-0.39, 0.29) is 10.8 Å². The van der Waals surface area contributed by atoms with E-state index >= 15 is 0 Å². The van der Waals surface area contributed by atoms with Crippen molar-refractivity contribution in [1.82, 2.24) is 9.62 Å². The topological polar surface area (TPSA) is 92.5 Å². The maximum atomic E-state index is 12.7. The number of rotatable bonds is 9. The Morgan fingerprint density at radius 1 is 1.22 bits per heavy atom. The predicted molar refractivity (Wildman–Crippen MR) is 91.9 cm³/mol. The second-order valence-electron chi connectivity index (χ2n) is 5.32. The van der Waals surface area contributed by atoms with Gasteiger partial charge in [0.1, 0.15) is 0 Å². The average Bonchev–Trinajstić information content (AvgIpc) is 2.52. The van der Waals surface area contributed by atoms with Gasteiger partial charge in [-0.25, -0.2) is 8.42 Å². The van der Waals surface area contributed by atoms with E-state index in [1.54, 1.807) is 32.9 Å². The summed E-state index contributed by atoms with van der Waals surface area (Å²) in [6.45, 7) is 7.24. The zero-order valence-electron chi connectivity index (χ0n) is 14.1. The lowest BCUT2D eigenvalue weighted by Gasteiger charge is -2.20. The van der Waals surface area contributed by atoms with Crippen molar-refractivity contribution in [2.24, 2.45) is 5.73 Å². The number of unbranched alkanes of at least 4 members (excludes halogenated alkanes) is 1. The molecule has 0 aliphatic heterocycles. The summed E-state index contributed by atoms with van der Waals surface area (Å²) < 4.78 is 26.7. The quantitative estimate of drug-likeness (QED) is 0.666. The van der Waals surface area contributed by atoms with Gasteiger partial charge in [0.2, 0.25) is 10.0 Å². The SMILES string of the molecule is CCN(CC)S(=O)(=O)c1cc(C(=O)NCCCCN)ccc1C. The predicted octanol–water partition coefficient (Wildman–Crippen LogP) is 1.49. The van der Waals surface area contributed by atoms with E-state index < -0.39 is 10.0 Å². The van der Waals surface area contributed by atoms with Crippen molar-refractivity contribution in [1.29, 1.82) is 0 Å². The Hall–Kier alpha value is -1.44. The number of aryl methyl sites for hydroxylation is 1. The van der Waals surface area contributed by atoms with Gasteiger partial charge >= 0.3 is 0 Å². The first-order chi connectivity index (χ1) is 10.9. The van der Waals surface area contributed by atoms with Crippen LogP contribution in [0, 0.1) is 6.92 Å². The molecule has 0 aliphatic rings. The molecule has 0 fully saturated rings. The van der Waals surface area contributed by atoms with Gasteiger partial charge in [-0.1, -0.05) is 19.9 Å². The van der Waals surface area contributed by atoms with Crippen LogP contribution in [0.25, 0.3) is 0 Å². The van der Waals surface area contributed by atoms with Crippen molar-refractivity contribution in [3.63, 3.8) is 0 Å². The summed E-state index contributed by atoms with van der Waals surface area (Å²) in [7, 11) is -3.58. The lowest BCUT2D eigenvalue weighted by atomic mass is 10.1. The van der Waals surface area contributed by atoms with Crippen LogP contribution in [-0.4, -0.2) is 44.8 Å². The Balaban J connectivity index is 3.02. The Morgan fingerprint density at radius 3 is 2.43 bits per heavy atom. The van der Waals surface area contributed by atoms with Gasteiger partial charge in [-0.15, -0.1) is 0 Å². The summed E-state index contributed by atoms with van der Waals surface area (Å²) in [5.41, 5.74) is 6.40. The number of benzene rings is 1. The molecule has 130 valence electrons. The lowest BCUT2D eigenvalue weighted by molar-refractivity contribution is 0.0953. The first-order valence-electron chi connectivity index (χ1n) is 7.97. The highest BCUT2D eigenvalue weighted by Gasteiger charge is 2.24. The van der Waals surface area contributed by atoms with Gasteiger partial charge in [0.15, 0.2) is 0 Å². The molecule has 0 bridgehead atoms. The second kappa shape index (κ2) is 9.00. The summed E-state index contributed by atoms with van der Waals surface area (Å²) in [4.78, 5) is 12.3. The molecule has 0 saturated heterocycles. The maximum Gasteiger partial charge on any atom is 0.251 e. The van der Waals surface area contributed by atoms with Crippen molar-refractivity contribution in [3.8, 4) is 0 Å². The minimum absolute atomic E-state index is 0.191. The number of hydrogen-bond acceptors (Lipinski definition) is 4. The molecule has 1 rings (SSSR count). The Kier molecular flexibility index (Phi) is 7.67. The van der Waals surface area contributed by atoms with Crippen LogP contribution in [0.15, 0.2) is 23.1 Å². The smallest absolute Gasteiger partial charge is 0.251 e. The molecule has 0 heterocycles. The van der Waals surface area contributed by atoms with E-state index in [0.717, 1.165) is 12.8 Å². The Morgan fingerprint density at radius 2 is 1.87 bits per heavy atom. The molecular weight excluding hydrogens is 314 g/mol. The highest BCUT2D eigenvalue weighted by Crippen LogP contribution is 2.21. The fraction of sp³-hybridized carbons (Fsp3) is 0.562. The monoisotopic (exact) mass is 341 g/mol. The molecule has 3 N–H and O–H groups in total. The van der Waals surface area contributed by atoms with Crippen molar-refractivity contribution >= 4 is 15.9 Å². The van der Waals surface area contributed by atoms with Gasteiger partial charge in [-0.3, -0.25) is 4.79 Å². The minimum atomic E-state index is -3.58. The molecule has 1 aromatic carbocycles. The van der Waals surface area contributed by atoms with Gasteiger partial charge in [0, 0.05) is 25.2 Å². The normalized spacial score (nSPS) is 11.7. The molecule has 1 amide bonds. The average molecular weight is 341 g/mol. The lowest BCUT2D eigenvalue weighted by Crippen LogP contribution is -2.31. The molecule has 0 aromatic heterocycles. The van der Waals surface area contributed by atoms with Crippen LogP contribution in [0.4, 0.5) is 0 Å². The van der Waals surface area contributed by atoms with Gasteiger partial charge in [-0.05, 0) is 44.0 Å². The van der Waals surface area contributed by atoms with Crippen LogP contribution in [0.2, 0.25) is 0 Å². The van der Waals surface area contributed by atoms with Crippen LogP contribution < -0.4 is 11.1 Å². The summed E-state index contributed by atoms with van der Waals surface area (Å²) in [5.74, 6) is -0.266. The summed E-state index contributed by atoms with van der Waals surface area (Å²) in [5, 5.41) is 2.79. The Bertz CT molecular complexity index is 625. The summed E-state index contributed by atoms with van der Waals surface area (Å²) in [6.07, 6.45) is 1.65. The molecule has 1 aromatic rings. The number of carbonyl (C=O) groups is 1. The van der Waals surface area contributed by atoms with Crippen molar-refractivity contribution in [2.45, 2.75) is 38.5 Å². The molecule has 0 unspecified atom stereocenters. The molecular formula is C16H27N3O3S. The number of nitrogens with zero attached hydrogens (tertiary/aromatic N) is 1. The molecule has 23 heavy (non-hydrogen) atoms. The van der Waals surface area contributed by atoms with E-state index in [2.05, 4.69) is 5.32 Å². The number of nitrogens with one attached hydrogen (secondary N) is 1. The van der Waals surface area contributed by atoms with Gasteiger partial charge in [0.25, 0.3) is 5.91 Å². The van der Waals surface area contributed by atoms with Gasteiger partial charge < -0.3 is 11.1 Å². The summed E-state index contributed by atoms with van der Waals surface area (Å²) in [6, 6.07) is 4.78. The Labute approximate surface area is 139 Å². The summed E-state index contributed by atoms with van der Waals surface area (Å²) >= 11 is 0. The zero-order chi connectivity index (χ0) is 17.5. The largest absolute Gasteiger partial charge is 0.352 e. The van der Waals surface area contributed by atoms with Crippen LogP contribution in [0.1, 0.15) is 42.6 Å². The van der Waals surface area contributed by atoms with Crippen LogP contribution in [-0.2, 0) is 10.0 Å². The van der Waals surface area contributed by atoms with Crippen LogP contribution in [0.3, 0.4) is 0 Å². The zero-order valence-corrected chi connectivity index (χ0v) is 14.9.